The summed E-state index contributed by atoms with van der Waals surface area (Å²) in [6.07, 6.45) is 1.33. The molecule has 1 fully saturated rings. The number of hydrogen-bond acceptors (Lipinski definition) is 6. The third kappa shape index (κ3) is 4.57. The Hall–Kier alpha value is -5.19. The van der Waals surface area contributed by atoms with E-state index in [1.807, 2.05) is 0 Å². The fourth-order valence-electron chi connectivity index (χ4n) is 4.10. The van der Waals surface area contributed by atoms with Crippen molar-refractivity contribution in [2.45, 2.75) is 13.8 Å². The van der Waals surface area contributed by atoms with Gasteiger partial charge in [0, 0.05) is 17.1 Å². The van der Waals surface area contributed by atoms with Gasteiger partial charge in [0.25, 0.3) is 11.8 Å². The van der Waals surface area contributed by atoms with Crippen molar-refractivity contribution in [3.05, 3.63) is 82.2 Å². The number of carbonyl (C=O) groups is 5. The van der Waals surface area contributed by atoms with Gasteiger partial charge in [-0.2, -0.15) is 0 Å². The van der Waals surface area contributed by atoms with Crippen LogP contribution in [0.2, 0.25) is 0 Å². The van der Waals surface area contributed by atoms with Crippen LogP contribution in [-0.4, -0.2) is 51.7 Å². The number of barbiturate groups is 1. The number of imide groups is 2. The smallest absolute Gasteiger partial charge is 0.335 e. The topological polar surface area (TPSA) is 155 Å². The first-order valence-corrected chi connectivity index (χ1v) is 10.9. The van der Waals surface area contributed by atoms with Crippen LogP contribution < -0.4 is 15.0 Å². The molecule has 0 radical (unpaired) electrons. The van der Waals surface area contributed by atoms with Crippen molar-refractivity contribution < 1.29 is 38.9 Å². The Balaban J connectivity index is 1.78. The molecule has 1 aliphatic rings. The number of nitrogens with one attached hydrogen (secondary N) is 1. The Morgan fingerprint density at radius 2 is 1.49 bits per heavy atom. The van der Waals surface area contributed by atoms with Crippen LogP contribution >= 0.6 is 0 Å². The van der Waals surface area contributed by atoms with Crippen molar-refractivity contribution in [2.75, 3.05) is 12.0 Å². The van der Waals surface area contributed by atoms with Gasteiger partial charge in [-0.3, -0.25) is 14.9 Å². The van der Waals surface area contributed by atoms with E-state index in [0.29, 0.717) is 22.7 Å². The second-order valence-electron chi connectivity index (χ2n) is 8.20. The molecule has 11 heteroatoms. The zero-order valence-electron chi connectivity index (χ0n) is 19.9. The number of methoxy groups -OCH3 is 1. The lowest BCUT2D eigenvalue weighted by atomic mass is 10.1. The number of anilines is 1. The number of rotatable bonds is 6. The van der Waals surface area contributed by atoms with Gasteiger partial charge in [0.1, 0.15) is 11.3 Å². The third-order valence-electron chi connectivity index (χ3n) is 5.87. The standard InChI is InChI=1S/C26H21N3O8/c1-13-8-15(14(2)28(13)19-10-16(24(32)33)9-17(11-19)25(34)35)12-21-22(30)27-26(36)29(23(21)31)18-4-6-20(37-3)7-5-18/h4-12H,1-3H3,(H,32,33)(H,34,35)(H,27,30,36)/b21-12+. The first-order chi connectivity index (χ1) is 17.5. The first-order valence-electron chi connectivity index (χ1n) is 10.9. The van der Waals surface area contributed by atoms with Crippen LogP contribution in [0.3, 0.4) is 0 Å². The SMILES string of the molecule is COc1ccc(N2C(=O)NC(=O)/C(=C\c3cc(C)n(-c4cc(C(=O)O)cc(C(=O)O)c4)c3C)C2=O)cc1. The number of amides is 4. The summed E-state index contributed by atoms with van der Waals surface area (Å²) in [7, 11) is 1.48. The second kappa shape index (κ2) is 9.46. The van der Waals surface area contributed by atoms with Crippen LogP contribution in [0.5, 0.6) is 5.75 Å². The van der Waals surface area contributed by atoms with Crippen molar-refractivity contribution in [1.29, 1.82) is 0 Å². The van der Waals surface area contributed by atoms with E-state index in [1.165, 1.54) is 37.5 Å². The van der Waals surface area contributed by atoms with E-state index >= 15 is 0 Å². The van der Waals surface area contributed by atoms with Crippen molar-refractivity contribution in [2.24, 2.45) is 0 Å². The molecular formula is C26H21N3O8. The van der Waals surface area contributed by atoms with E-state index in [0.717, 1.165) is 11.0 Å². The number of aryl methyl sites for hydroxylation is 1. The van der Waals surface area contributed by atoms with E-state index in [-0.39, 0.29) is 28.1 Å². The van der Waals surface area contributed by atoms with Crippen LogP contribution in [-0.2, 0) is 9.59 Å². The molecule has 1 aliphatic heterocycles. The van der Waals surface area contributed by atoms with Gasteiger partial charge < -0.3 is 19.5 Å². The third-order valence-corrected chi connectivity index (χ3v) is 5.87. The van der Waals surface area contributed by atoms with Crippen molar-refractivity contribution in [1.82, 2.24) is 9.88 Å². The zero-order valence-corrected chi connectivity index (χ0v) is 19.9. The van der Waals surface area contributed by atoms with Gasteiger partial charge in [-0.05, 0) is 74.0 Å². The number of nitrogens with zero attached hydrogens (tertiary/aromatic N) is 2. The van der Waals surface area contributed by atoms with Crippen molar-refractivity contribution >= 4 is 41.5 Å². The molecule has 188 valence electrons. The number of carboxylic acid groups (broad SMARTS) is 2. The fourth-order valence-corrected chi connectivity index (χ4v) is 4.10. The number of carbonyl (C=O) groups excluding carboxylic acids is 3. The van der Waals surface area contributed by atoms with E-state index in [4.69, 9.17) is 4.74 Å². The molecule has 0 saturated carbocycles. The first kappa shape index (κ1) is 24.9. The highest BCUT2D eigenvalue weighted by molar-refractivity contribution is 6.39. The minimum atomic E-state index is -1.29. The summed E-state index contributed by atoms with van der Waals surface area (Å²) in [5.41, 5.74) is 1.35. The lowest BCUT2D eigenvalue weighted by Crippen LogP contribution is -2.54. The molecule has 4 amide bonds. The van der Waals surface area contributed by atoms with Gasteiger partial charge in [0.2, 0.25) is 0 Å². The Bertz CT molecular complexity index is 1480. The maximum absolute atomic E-state index is 13.2. The Labute approximate surface area is 210 Å². The molecule has 0 unspecified atom stereocenters. The molecule has 37 heavy (non-hydrogen) atoms. The molecular weight excluding hydrogens is 482 g/mol. The van der Waals surface area contributed by atoms with Crippen molar-refractivity contribution in [3.8, 4) is 11.4 Å². The predicted molar refractivity (Wildman–Crippen MR) is 131 cm³/mol. The quantitative estimate of drug-likeness (QED) is 0.342. The molecule has 3 aromatic rings. The number of urea groups is 1. The van der Waals surface area contributed by atoms with Crippen LogP contribution in [0.1, 0.15) is 37.7 Å². The van der Waals surface area contributed by atoms with Crippen LogP contribution in [0.15, 0.2) is 54.1 Å². The average Bonchev–Trinajstić information content (AvgIpc) is 3.14. The molecule has 1 aromatic heterocycles. The molecule has 4 rings (SSSR count). The predicted octanol–water partition coefficient (Wildman–Crippen LogP) is 3.17. The number of ether oxygens (including phenoxy) is 1. The molecule has 0 atom stereocenters. The number of aromatic nitrogens is 1. The molecule has 0 aliphatic carbocycles. The molecule has 2 heterocycles. The lowest BCUT2D eigenvalue weighted by molar-refractivity contribution is -0.122. The Kier molecular flexibility index (Phi) is 6.37. The highest BCUT2D eigenvalue weighted by Gasteiger charge is 2.37. The minimum absolute atomic E-state index is 0.210. The molecule has 2 aromatic carbocycles. The number of aromatic carboxylic acids is 2. The number of carboxylic acids is 2. The zero-order chi connectivity index (χ0) is 27.0. The van der Waals surface area contributed by atoms with E-state index < -0.39 is 29.8 Å². The monoisotopic (exact) mass is 503 g/mol. The van der Waals surface area contributed by atoms with E-state index in [9.17, 15) is 34.2 Å². The van der Waals surface area contributed by atoms with Gasteiger partial charge in [-0.25, -0.2) is 19.3 Å². The molecule has 0 bridgehead atoms. The van der Waals surface area contributed by atoms with Gasteiger partial charge in [-0.1, -0.05) is 0 Å². The van der Waals surface area contributed by atoms with Gasteiger partial charge in [0.15, 0.2) is 0 Å². The maximum atomic E-state index is 13.2. The molecule has 3 N–H and O–H groups in total. The highest BCUT2D eigenvalue weighted by atomic mass is 16.5. The summed E-state index contributed by atoms with van der Waals surface area (Å²) in [5, 5.41) is 21.0. The van der Waals surface area contributed by atoms with Crippen LogP contribution in [0.25, 0.3) is 11.8 Å². The van der Waals surface area contributed by atoms with Gasteiger partial charge in [0.05, 0.1) is 23.9 Å². The summed E-state index contributed by atoms with van der Waals surface area (Å²) in [4.78, 5) is 62.2. The fraction of sp³-hybridized carbons (Fsp3) is 0.115. The summed E-state index contributed by atoms with van der Waals surface area (Å²) >= 11 is 0. The summed E-state index contributed by atoms with van der Waals surface area (Å²) in [6, 6.07) is 10.6. The highest BCUT2D eigenvalue weighted by Crippen LogP contribution is 2.28. The Morgan fingerprint density at radius 1 is 0.892 bits per heavy atom. The normalized spacial score (nSPS) is 14.6. The summed E-state index contributed by atoms with van der Waals surface area (Å²) in [6.45, 7) is 3.38. The van der Waals surface area contributed by atoms with Crippen molar-refractivity contribution in [3.63, 3.8) is 0 Å². The van der Waals surface area contributed by atoms with Gasteiger partial charge in [-0.15, -0.1) is 0 Å². The second-order valence-corrected chi connectivity index (χ2v) is 8.20. The molecule has 1 saturated heterocycles. The summed E-state index contributed by atoms with van der Waals surface area (Å²) in [5.74, 6) is -3.76. The van der Waals surface area contributed by atoms with Gasteiger partial charge >= 0.3 is 18.0 Å². The van der Waals surface area contributed by atoms with Crippen LogP contribution in [0, 0.1) is 13.8 Å². The average molecular weight is 503 g/mol. The molecule has 11 nitrogen and oxygen atoms in total. The Morgan fingerprint density at radius 3 is 2.03 bits per heavy atom. The summed E-state index contributed by atoms with van der Waals surface area (Å²) < 4.78 is 6.71. The number of hydrogen-bond donors (Lipinski definition) is 3. The van der Waals surface area contributed by atoms with Crippen LogP contribution in [0.4, 0.5) is 10.5 Å². The van der Waals surface area contributed by atoms with E-state index in [2.05, 4.69) is 5.32 Å². The minimum Gasteiger partial charge on any atom is -0.497 e. The molecule has 0 spiro atoms. The number of benzene rings is 2. The largest absolute Gasteiger partial charge is 0.497 e. The maximum Gasteiger partial charge on any atom is 0.335 e. The lowest BCUT2D eigenvalue weighted by Gasteiger charge is -2.26. The van der Waals surface area contributed by atoms with E-state index in [1.54, 1.807) is 36.6 Å².